The molecule has 0 aliphatic heterocycles. The van der Waals surface area contributed by atoms with Crippen molar-refractivity contribution in [2.24, 2.45) is 0 Å². The minimum atomic E-state index is -0.226. The van der Waals surface area contributed by atoms with E-state index in [1.807, 2.05) is 24.3 Å². The van der Waals surface area contributed by atoms with Gasteiger partial charge in [0.05, 0.1) is 5.56 Å². The molecule has 0 spiro atoms. The fourth-order valence-electron chi connectivity index (χ4n) is 2.17. The van der Waals surface area contributed by atoms with Gasteiger partial charge in [0, 0.05) is 10.9 Å². The highest BCUT2D eigenvalue weighted by atomic mass is 16.3. The van der Waals surface area contributed by atoms with Crippen molar-refractivity contribution in [2.45, 2.75) is 0 Å². The Balaban J connectivity index is 2.16. The maximum Gasteiger partial charge on any atom is 0.197 e. The molecule has 0 saturated heterocycles. The van der Waals surface area contributed by atoms with E-state index in [-0.39, 0.29) is 17.1 Å². The van der Waals surface area contributed by atoms with Gasteiger partial charge in [-0.15, -0.1) is 0 Å². The first-order chi connectivity index (χ1) is 9.27. The Hall–Kier alpha value is -2.61. The number of fused-ring (bicyclic) bond motifs is 1. The van der Waals surface area contributed by atoms with Crippen LogP contribution in [0.1, 0.15) is 15.9 Å². The number of hydrogen-bond acceptors (Lipinski definition) is 1. The largest absolute Gasteiger partial charge is 0.288 e. The standard InChI is InChI=1S/C17H11O2/c18-16(13-7-2-1-3-8-13)15-11-10-12-6-4-5-9-14(12)17(15)19/h1-11H. The lowest BCUT2D eigenvalue weighted by Crippen LogP contribution is -2.01. The van der Waals surface area contributed by atoms with Crippen molar-refractivity contribution in [3.05, 3.63) is 77.9 Å². The lowest BCUT2D eigenvalue weighted by Gasteiger charge is -2.05. The highest BCUT2D eigenvalue weighted by molar-refractivity contribution is 6.13. The molecule has 19 heavy (non-hydrogen) atoms. The third kappa shape index (κ3) is 1.97. The maximum atomic E-state index is 12.3. The second-order valence-corrected chi connectivity index (χ2v) is 4.36. The van der Waals surface area contributed by atoms with Crippen molar-refractivity contribution in [3.63, 3.8) is 0 Å². The van der Waals surface area contributed by atoms with E-state index in [1.165, 1.54) is 0 Å². The zero-order valence-corrected chi connectivity index (χ0v) is 10.2. The van der Waals surface area contributed by atoms with Gasteiger partial charge in [-0.05, 0) is 11.5 Å². The molecule has 0 aromatic heterocycles. The van der Waals surface area contributed by atoms with Crippen molar-refractivity contribution in [3.8, 4) is 5.75 Å². The summed E-state index contributed by atoms with van der Waals surface area (Å²) in [6, 6.07) is 19.6. The molecule has 3 rings (SSSR count). The Bertz CT molecular complexity index is 746. The first-order valence-corrected chi connectivity index (χ1v) is 6.06. The first-order valence-electron chi connectivity index (χ1n) is 6.06. The van der Waals surface area contributed by atoms with Gasteiger partial charge in [0.15, 0.2) is 11.5 Å². The zero-order valence-electron chi connectivity index (χ0n) is 10.2. The Morgan fingerprint density at radius 1 is 0.737 bits per heavy atom. The van der Waals surface area contributed by atoms with E-state index in [0.29, 0.717) is 10.9 Å². The van der Waals surface area contributed by atoms with Gasteiger partial charge in [-0.3, -0.25) is 9.90 Å². The van der Waals surface area contributed by atoms with Crippen molar-refractivity contribution in [1.82, 2.24) is 0 Å². The van der Waals surface area contributed by atoms with E-state index in [9.17, 15) is 9.90 Å². The molecule has 0 aliphatic rings. The summed E-state index contributed by atoms with van der Waals surface area (Å²) in [6.07, 6.45) is 0. The van der Waals surface area contributed by atoms with Crippen LogP contribution in [-0.4, -0.2) is 5.78 Å². The van der Waals surface area contributed by atoms with Gasteiger partial charge in [0.1, 0.15) is 0 Å². The molecule has 0 saturated carbocycles. The summed E-state index contributed by atoms with van der Waals surface area (Å²) < 4.78 is 0. The van der Waals surface area contributed by atoms with E-state index in [0.717, 1.165) is 5.39 Å². The normalized spacial score (nSPS) is 10.5. The van der Waals surface area contributed by atoms with Crippen LogP contribution in [0.15, 0.2) is 66.7 Å². The van der Waals surface area contributed by atoms with Crippen molar-refractivity contribution in [2.75, 3.05) is 0 Å². The van der Waals surface area contributed by atoms with Crippen LogP contribution in [0.4, 0.5) is 0 Å². The van der Waals surface area contributed by atoms with Crippen LogP contribution < -0.4 is 0 Å². The third-order valence-corrected chi connectivity index (χ3v) is 3.16. The number of rotatable bonds is 2. The number of carbonyl (C=O) groups is 1. The highest BCUT2D eigenvalue weighted by Crippen LogP contribution is 2.30. The summed E-state index contributed by atoms with van der Waals surface area (Å²) in [7, 11) is 0. The fourth-order valence-corrected chi connectivity index (χ4v) is 2.17. The quantitative estimate of drug-likeness (QED) is 0.625. The van der Waals surface area contributed by atoms with Crippen LogP contribution in [0.2, 0.25) is 0 Å². The lowest BCUT2D eigenvalue weighted by molar-refractivity contribution is 0.103. The SMILES string of the molecule is [O]c1c(C(=O)c2ccccc2)ccc2ccccc12. The third-order valence-electron chi connectivity index (χ3n) is 3.16. The van der Waals surface area contributed by atoms with Crippen molar-refractivity contribution in [1.29, 1.82) is 0 Å². The second kappa shape index (κ2) is 4.58. The molecule has 0 aliphatic carbocycles. The Kier molecular flexibility index (Phi) is 2.76. The Labute approximate surface area is 110 Å². The van der Waals surface area contributed by atoms with Crippen LogP contribution in [0, 0.1) is 0 Å². The minimum Gasteiger partial charge on any atom is -0.288 e. The van der Waals surface area contributed by atoms with Crippen molar-refractivity contribution >= 4 is 16.6 Å². The zero-order chi connectivity index (χ0) is 13.2. The molecule has 2 heteroatoms. The van der Waals surface area contributed by atoms with Crippen LogP contribution in [0.25, 0.3) is 10.8 Å². The molecule has 0 heterocycles. The monoisotopic (exact) mass is 247 g/mol. The molecule has 0 N–H and O–H groups in total. The number of ketones is 1. The molecule has 91 valence electrons. The average molecular weight is 247 g/mol. The summed E-state index contributed by atoms with van der Waals surface area (Å²) in [4.78, 5) is 12.3. The predicted molar refractivity (Wildman–Crippen MR) is 74.0 cm³/mol. The number of benzene rings is 3. The van der Waals surface area contributed by atoms with Gasteiger partial charge in [0.25, 0.3) is 0 Å². The van der Waals surface area contributed by atoms with Gasteiger partial charge in [-0.1, -0.05) is 60.7 Å². The van der Waals surface area contributed by atoms with Crippen molar-refractivity contribution < 1.29 is 9.90 Å². The molecule has 3 aromatic rings. The number of carbonyl (C=O) groups excluding carboxylic acids is 1. The molecule has 0 atom stereocenters. The summed E-state index contributed by atoms with van der Waals surface area (Å²) in [5, 5.41) is 13.8. The summed E-state index contributed by atoms with van der Waals surface area (Å²) >= 11 is 0. The summed E-state index contributed by atoms with van der Waals surface area (Å²) in [5.74, 6) is -0.427. The smallest absolute Gasteiger partial charge is 0.197 e. The lowest BCUT2D eigenvalue weighted by atomic mass is 9.98. The fraction of sp³-hybridized carbons (Fsp3) is 0. The van der Waals surface area contributed by atoms with E-state index in [1.54, 1.807) is 42.5 Å². The van der Waals surface area contributed by atoms with Gasteiger partial charge in [-0.2, -0.15) is 0 Å². The van der Waals surface area contributed by atoms with Crippen LogP contribution in [0.3, 0.4) is 0 Å². The van der Waals surface area contributed by atoms with Gasteiger partial charge >= 0.3 is 0 Å². The molecule has 0 fully saturated rings. The second-order valence-electron chi connectivity index (χ2n) is 4.36. The molecule has 1 radical (unpaired) electrons. The van der Waals surface area contributed by atoms with E-state index in [4.69, 9.17) is 0 Å². The van der Waals surface area contributed by atoms with Crippen LogP contribution in [-0.2, 0) is 5.11 Å². The minimum absolute atomic E-state index is 0.202. The Morgan fingerprint density at radius 3 is 2.21 bits per heavy atom. The summed E-state index contributed by atoms with van der Waals surface area (Å²) in [5.41, 5.74) is 0.764. The molecule has 0 unspecified atom stereocenters. The predicted octanol–water partition coefficient (Wildman–Crippen LogP) is 4.21. The Morgan fingerprint density at radius 2 is 1.42 bits per heavy atom. The van der Waals surface area contributed by atoms with Gasteiger partial charge < -0.3 is 0 Å². The van der Waals surface area contributed by atoms with Gasteiger partial charge in [0.2, 0.25) is 0 Å². The molecular weight excluding hydrogens is 236 g/mol. The molecule has 0 bridgehead atoms. The molecular formula is C17H11O2. The summed E-state index contributed by atoms with van der Waals surface area (Å²) in [6.45, 7) is 0. The molecule has 0 amide bonds. The topological polar surface area (TPSA) is 37.0 Å². The van der Waals surface area contributed by atoms with Gasteiger partial charge in [-0.25, -0.2) is 0 Å². The average Bonchev–Trinajstić information content (AvgIpc) is 2.48. The maximum absolute atomic E-state index is 12.3. The highest BCUT2D eigenvalue weighted by Gasteiger charge is 2.16. The number of hydrogen-bond donors (Lipinski definition) is 0. The van der Waals surface area contributed by atoms with Crippen LogP contribution in [0.5, 0.6) is 5.75 Å². The molecule has 3 aromatic carbocycles. The van der Waals surface area contributed by atoms with E-state index in [2.05, 4.69) is 0 Å². The van der Waals surface area contributed by atoms with Crippen LogP contribution >= 0.6 is 0 Å². The molecule has 2 nitrogen and oxygen atoms in total. The van der Waals surface area contributed by atoms with E-state index < -0.39 is 0 Å². The first kappa shape index (κ1) is 11.5. The van der Waals surface area contributed by atoms with E-state index >= 15 is 0 Å².